The van der Waals surface area contributed by atoms with Crippen molar-refractivity contribution in [2.45, 2.75) is 45.4 Å². The summed E-state index contributed by atoms with van der Waals surface area (Å²) in [7, 11) is 0. The Labute approximate surface area is 142 Å². The van der Waals surface area contributed by atoms with Crippen molar-refractivity contribution < 1.29 is 28.6 Å². The first-order valence-corrected chi connectivity index (χ1v) is 8.36. The monoisotopic (exact) mass is 344 g/mol. The van der Waals surface area contributed by atoms with E-state index in [0.717, 1.165) is 6.29 Å². The van der Waals surface area contributed by atoms with E-state index < -0.39 is 17.6 Å². The second kappa shape index (κ2) is 10.4. The van der Waals surface area contributed by atoms with Gasteiger partial charge in [-0.1, -0.05) is 0 Å². The molecule has 1 fully saturated rings. The number of nitrogens with one attached hydrogen (secondary N) is 1. The van der Waals surface area contributed by atoms with Gasteiger partial charge in [-0.2, -0.15) is 0 Å². The van der Waals surface area contributed by atoms with E-state index >= 15 is 0 Å². The van der Waals surface area contributed by atoms with E-state index in [1.807, 2.05) is 4.90 Å². The molecule has 2 unspecified atom stereocenters. The number of hydrogen-bond donors (Lipinski definition) is 1. The molecule has 1 aliphatic rings. The molecule has 0 aliphatic carbocycles. The van der Waals surface area contributed by atoms with Crippen LogP contribution < -0.4 is 5.32 Å². The average molecular weight is 344 g/mol. The van der Waals surface area contributed by atoms with Gasteiger partial charge < -0.3 is 24.3 Å². The minimum absolute atomic E-state index is 0.153. The van der Waals surface area contributed by atoms with E-state index in [1.54, 1.807) is 13.8 Å². The van der Waals surface area contributed by atoms with E-state index in [1.165, 1.54) is 6.92 Å². The summed E-state index contributed by atoms with van der Waals surface area (Å²) in [6.07, 6.45) is 1.38. The molecule has 0 saturated carbocycles. The summed E-state index contributed by atoms with van der Waals surface area (Å²) < 4.78 is 15.9. The highest BCUT2D eigenvalue weighted by molar-refractivity contribution is 5.85. The van der Waals surface area contributed by atoms with Crippen molar-refractivity contribution in [2.24, 2.45) is 0 Å². The van der Waals surface area contributed by atoms with Gasteiger partial charge in [-0.25, -0.2) is 4.79 Å². The number of hydrogen-bond acceptors (Lipinski definition) is 7. The second-order valence-corrected chi connectivity index (χ2v) is 5.55. The predicted octanol–water partition coefficient (Wildman–Crippen LogP) is 0.0983. The first kappa shape index (κ1) is 20.5. The molecule has 0 aromatic heterocycles. The van der Waals surface area contributed by atoms with E-state index in [-0.39, 0.29) is 25.7 Å². The number of rotatable bonds is 10. The Morgan fingerprint density at radius 2 is 1.96 bits per heavy atom. The van der Waals surface area contributed by atoms with Gasteiger partial charge in [-0.3, -0.25) is 9.69 Å². The van der Waals surface area contributed by atoms with E-state index in [0.29, 0.717) is 32.7 Å². The molecular weight excluding hydrogens is 316 g/mol. The van der Waals surface area contributed by atoms with Crippen LogP contribution in [0.15, 0.2) is 0 Å². The van der Waals surface area contributed by atoms with Crippen molar-refractivity contribution in [2.75, 3.05) is 39.5 Å². The maximum absolute atomic E-state index is 12.4. The van der Waals surface area contributed by atoms with Crippen molar-refractivity contribution in [1.82, 2.24) is 10.2 Å². The van der Waals surface area contributed by atoms with Crippen LogP contribution >= 0.6 is 0 Å². The van der Waals surface area contributed by atoms with Gasteiger partial charge in [-0.05, 0) is 20.3 Å². The molecule has 138 valence electrons. The van der Waals surface area contributed by atoms with Crippen LogP contribution in [-0.2, 0) is 28.6 Å². The molecule has 0 spiro atoms. The Kier molecular flexibility index (Phi) is 8.88. The lowest BCUT2D eigenvalue weighted by Crippen LogP contribution is -2.57. The summed E-state index contributed by atoms with van der Waals surface area (Å²) >= 11 is 0. The Hall–Kier alpha value is -1.51. The van der Waals surface area contributed by atoms with Gasteiger partial charge in [0.2, 0.25) is 11.6 Å². The molecule has 1 saturated heterocycles. The molecule has 1 N–H and O–H groups in total. The van der Waals surface area contributed by atoms with Gasteiger partial charge in [0.1, 0.15) is 6.29 Å². The molecule has 8 nitrogen and oxygen atoms in total. The zero-order valence-electron chi connectivity index (χ0n) is 14.7. The molecule has 2 atom stereocenters. The summed E-state index contributed by atoms with van der Waals surface area (Å²) in [6, 6.07) is -0.364. The van der Waals surface area contributed by atoms with E-state index in [2.05, 4.69) is 5.32 Å². The number of ether oxygens (including phenoxy) is 3. The fourth-order valence-electron chi connectivity index (χ4n) is 2.76. The fraction of sp³-hybridized carbons (Fsp3) is 0.812. The van der Waals surface area contributed by atoms with Crippen LogP contribution in [0.25, 0.3) is 0 Å². The van der Waals surface area contributed by atoms with Gasteiger partial charge in [0, 0.05) is 33.0 Å². The zero-order chi connectivity index (χ0) is 18.0. The molecule has 24 heavy (non-hydrogen) atoms. The van der Waals surface area contributed by atoms with Crippen LogP contribution in [-0.4, -0.2) is 74.3 Å². The highest BCUT2D eigenvalue weighted by Crippen LogP contribution is 2.21. The number of nitrogens with zero attached hydrogens (tertiary/aromatic N) is 1. The third-order valence-corrected chi connectivity index (χ3v) is 3.84. The first-order valence-electron chi connectivity index (χ1n) is 8.36. The Balaban J connectivity index is 2.85. The maximum Gasteiger partial charge on any atom is 0.359 e. The van der Waals surface area contributed by atoms with Crippen molar-refractivity contribution in [1.29, 1.82) is 0 Å². The predicted molar refractivity (Wildman–Crippen MR) is 86.3 cm³/mol. The molecule has 0 bridgehead atoms. The van der Waals surface area contributed by atoms with Crippen molar-refractivity contribution >= 4 is 18.2 Å². The molecule has 1 aliphatic heterocycles. The Bertz CT molecular complexity index is 425. The number of esters is 1. The quantitative estimate of drug-likeness (QED) is 0.341. The zero-order valence-corrected chi connectivity index (χ0v) is 14.7. The third kappa shape index (κ3) is 5.85. The van der Waals surface area contributed by atoms with Crippen molar-refractivity contribution in [3.05, 3.63) is 0 Å². The summed E-state index contributed by atoms with van der Waals surface area (Å²) in [5.41, 5.74) is -1.57. The van der Waals surface area contributed by atoms with Crippen LogP contribution in [0.5, 0.6) is 0 Å². The molecule has 1 rings (SSSR count). The molecule has 1 heterocycles. The third-order valence-electron chi connectivity index (χ3n) is 3.84. The second-order valence-electron chi connectivity index (χ2n) is 5.55. The minimum atomic E-state index is -1.57. The Morgan fingerprint density at radius 1 is 1.29 bits per heavy atom. The van der Waals surface area contributed by atoms with E-state index in [4.69, 9.17) is 14.2 Å². The minimum Gasteiger partial charge on any atom is -0.462 e. The lowest BCUT2D eigenvalue weighted by molar-refractivity contribution is -0.181. The largest absolute Gasteiger partial charge is 0.462 e. The number of carbonyl (C=O) groups excluding carboxylic acids is 3. The fourth-order valence-corrected chi connectivity index (χ4v) is 2.76. The summed E-state index contributed by atoms with van der Waals surface area (Å²) in [6.45, 7) is 7.59. The summed E-state index contributed by atoms with van der Waals surface area (Å²) in [4.78, 5) is 37.4. The molecular formula is C16H28N2O6. The maximum atomic E-state index is 12.4. The molecule has 0 aromatic carbocycles. The topological polar surface area (TPSA) is 94.2 Å². The molecule has 0 radical (unpaired) electrons. The lowest BCUT2D eigenvalue weighted by atomic mass is 10.0. The van der Waals surface area contributed by atoms with Crippen LogP contribution in [0, 0.1) is 0 Å². The smallest absolute Gasteiger partial charge is 0.359 e. The highest BCUT2D eigenvalue weighted by Gasteiger charge is 2.42. The van der Waals surface area contributed by atoms with Gasteiger partial charge in [0.25, 0.3) is 0 Å². The summed E-state index contributed by atoms with van der Waals surface area (Å²) in [5.74, 6) is -1.04. The van der Waals surface area contributed by atoms with Crippen molar-refractivity contribution in [3.8, 4) is 0 Å². The number of aldehydes is 1. The van der Waals surface area contributed by atoms with Crippen molar-refractivity contribution in [3.63, 3.8) is 0 Å². The SMILES string of the molecule is CCOC(=O)C(CCC(C=O)N1CCOCC1)(NC(C)=O)OCC. The Morgan fingerprint density at radius 3 is 2.46 bits per heavy atom. The molecule has 0 aromatic rings. The van der Waals surface area contributed by atoms with Crippen LogP contribution in [0.4, 0.5) is 0 Å². The molecule has 8 heteroatoms. The van der Waals surface area contributed by atoms with Gasteiger partial charge in [0.15, 0.2) is 0 Å². The van der Waals surface area contributed by atoms with Crippen LogP contribution in [0.1, 0.15) is 33.6 Å². The molecule has 1 amide bonds. The normalized spacial score (nSPS) is 19.1. The number of amides is 1. The standard InChI is InChI=1S/C16H28N2O6/c1-4-23-15(21)16(24-5-2,17-13(3)20)7-6-14(12-19)18-8-10-22-11-9-18/h12,14H,4-11H2,1-3H3,(H,17,20). The average Bonchev–Trinajstić information content (AvgIpc) is 2.56. The number of carbonyl (C=O) groups is 3. The first-order chi connectivity index (χ1) is 11.5. The van der Waals surface area contributed by atoms with E-state index in [9.17, 15) is 14.4 Å². The van der Waals surface area contributed by atoms with Gasteiger partial charge in [0.05, 0.1) is 25.9 Å². The highest BCUT2D eigenvalue weighted by atomic mass is 16.6. The number of morpholine rings is 1. The van der Waals surface area contributed by atoms with Gasteiger partial charge in [-0.15, -0.1) is 0 Å². The lowest BCUT2D eigenvalue weighted by Gasteiger charge is -2.35. The van der Waals surface area contributed by atoms with Crippen LogP contribution in [0.2, 0.25) is 0 Å². The summed E-state index contributed by atoms with van der Waals surface area (Å²) in [5, 5.41) is 2.57. The van der Waals surface area contributed by atoms with Gasteiger partial charge >= 0.3 is 5.97 Å². The van der Waals surface area contributed by atoms with Crippen LogP contribution in [0.3, 0.4) is 0 Å².